The maximum atomic E-state index is 11.9. The molecule has 1 heterocycles. The summed E-state index contributed by atoms with van der Waals surface area (Å²) in [7, 11) is 2.08. The Hall–Kier alpha value is -0.610. The summed E-state index contributed by atoms with van der Waals surface area (Å²) in [6.07, 6.45) is 2.12. The molecule has 100 valence electrons. The average Bonchev–Trinajstić information content (AvgIpc) is 2.29. The second kappa shape index (κ2) is 6.97. The molecule has 0 aromatic carbocycles. The molecule has 0 aromatic heterocycles. The van der Waals surface area contributed by atoms with E-state index in [4.69, 9.17) is 0 Å². The van der Waals surface area contributed by atoms with Gasteiger partial charge in [0.2, 0.25) is 5.91 Å². The lowest BCUT2D eigenvalue weighted by atomic mass is 9.95. The minimum atomic E-state index is 0.163. The van der Waals surface area contributed by atoms with Crippen molar-refractivity contribution in [2.24, 2.45) is 5.92 Å². The molecular formula is C13H27N3O. The third-order valence-corrected chi connectivity index (χ3v) is 3.68. The summed E-state index contributed by atoms with van der Waals surface area (Å²) in [5, 5.41) is 6.39. The average molecular weight is 241 g/mol. The van der Waals surface area contributed by atoms with E-state index in [9.17, 15) is 4.79 Å². The highest BCUT2D eigenvalue weighted by Gasteiger charge is 2.23. The molecule has 1 saturated heterocycles. The largest absolute Gasteiger partial charge is 0.355 e. The first kappa shape index (κ1) is 14.5. The molecule has 1 amide bonds. The van der Waals surface area contributed by atoms with E-state index >= 15 is 0 Å². The van der Waals surface area contributed by atoms with Gasteiger partial charge in [-0.25, -0.2) is 0 Å². The molecule has 1 fully saturated rings. The fourth-order valence-corrected chi connectivity index (χ4v) is 1.98. The molecule has 2 N–H and O–H groups in total. The van der Waals surface area contributed by atoms with Gasteiger partial charge >= 0.3 is 0 Å². The first-order valence-electron chi connectivity index (χ1n) is 6.72. The van der Waals surface area contributed by atoms with Gasteiger partial charge < -0.3 is 15.5 Å². The summed E-state index contributed by atoms with van der Waals surface area (Å²) >= 11 is 0. The highest BCUT2D eigenvalue weighted by Crippen LogP contribution is 2.13. The van der Waals surface area contributed by atoms with Crippen molar-refractivity contribution >= 4 is 5.91 Å². The SMILES string of the molecule is CC1CCC(C(=O)NCCN(C)C(C)C)CN1. The smallest absolute Gasteiger partial charge is 0.224 e. The number of nitrogens with one attached hydrogen (secondary N) is 2. The van der Waals surface area contributed by atoms with Crippen molar-refractivity contribution in [3.8, 4) is 0 Å². The molecule has 2 atom stereocenters. The number of amides is 1. The summed E-state index contributed by atoms with van der Waals surface area (Å²) in [6, 6.07) is 1.09. The zero-order valence-electron chi connectivity index (χ0n) is 11.6. The van der Waals surface area contributed by atoms with Crippen molar-refractivity contribution in [1.29, 1.82) is 0 Å². The lowest BCUT2D eigenvalue weighted by molar-refractivity contribution is -0.125. The van der Waals surface area contributed by atoms with Gasteiger partial charge in [-0.1, -0.05) is 0 Å². The second-order valence-electron chi connectivity index (χ2n) is 5.45. The monoisotopic (exact) mass is 241 g/mol. The van der Waals surface area contributed by atoms with Crippen LogP contribution in [0.2, 0.25) is 0 Å². The van der Waals surface area contributed by atoms with Crippen LogP contribution >= 0.6 is 0 Å². The van der Waals surface area contributed by atoms with Gasteiger partial charge in [0.25, 0.3) is 0 Å². The number of hydrogen-bond donors (Lipinski definition) is 2. The first-order chi connectivity index (χ1) is 8.00. The molecule has 1 aliphatic heterocycles. The Morgan fingerprint density at radius 2 is 2.18 bits per heavy atom. The van der Waals surface area contributed by atoms with E-state index in [1.165, 1.54) is 0 Å². The van der Waals surface area contributed by atoms with Gasteiger partial charge in [-0.3, -0.25) is 4.79 Å². The molecule has 1 rings (SSSR count). The van der Waals surface area contributed by atoms with E-state index in [0.29, 0.717) is 12.1 Å². The number of rotatable bonds is 5. The predicted molar refractivity (Wildman–Crippen MR) is 71.0 cm³/mol. The molecule has 0 radical (unpaired) electrons. The van der Waals surface area contributed by atoms with Crippen molar-refractivity contribution in [3.63, 3.8) is 0 Å². The standard InChI is InChI=1S/C13H27N3O/c1-10(2)16(4)8-7-14-13(17)12-6-5-11(3)15-9-12/h10-12,15H,5-9H2,1-4H3,(H,14,17). The summed E-state index contributed by atoms with van der Waals surface area (Å²) < 4.78 is 0. The van der Waals surface area contributed by atoms with Crippen LogP contribution in [0.5, 0.6) is 0 Å². The number of carbonyl (C=O) groups is 1. The minimum absolute atomic E-state index is 0.163. The molecular weight excluding hydrogens is 214 g/mol. The van der Waals surface area contributed by atoms with Crippen molar-refractivity contribution in [3.05, 3.63) is 0 Å². The van der Waals surface area contributed by atoms with Gasteiger partial charge in [-0.05, 0) is 40.7 Å². The third-order valence-electron chi connectivity index (χ3n) is 3.68. The summed E-state index contributed by atoms with van der Waals surface area (Å²) in [5.74, 6) is 0.372. The van der Waals surface area contributed by atoms with E-state index < -0.39 is 0 Å². The highest BCUT2D eigenvalue weighted by atomic mass is 16.1. The van der Waals surface area contributed by atoms with Crippen LogP contribution in [0.15, 0.2) is 0 Å². The number of hydrogen-bond acceptors (Lipinski definition) is 3. The van der Waals surface area contributed by atoms with E-state index in [-0.39, 0.29) is 11.8 Å². The Morgan fingerprint density at radius 1 is 1.47 bits per heavy atom. The molecule has 4 heteroatoms. The van der Waals surface area contributed by atoms with E-state index in [1.807, 2.05) is 0 Å². The molecule has 4 nitrogen and oxygen atoms in total. The van der Waals surface area contributed by atoms with E-state index in [2.05, 4.69) is 43.4 Å². The maximum Gasteiger partial charge on any atom is 0.224 e. The van der Waals surface area contributed by atoms with Crippen LogP contribution in [0, 0.1) is 5.92 Å². The highest BCUT2D eigenvalue weighted by molar-refractivity contribution is 5.78. The minimum Gasteiger partial charge on any atom is -0.355 e. The Bertz CT molecular complexity index is 235. The van der Waals surface area contributed by atoms with Crippen LogP contribution in [-0.2, 0) is 4.79 Å². The lowest BCUT2D eigenvalue weighted by Crippen LogP contribution is -2.45. The Kier molecular flexibility index (Phi) is 5.92. The Morgan fingerprint density at radius 3 is 2.71 bits per heavy atom. The molecule has 0 bridgehead atoms. The molecule has 0 aliphatic carbocycles. The molecule has 0 aromatic rings. The van der Waals surface area contributed by atoms with Crippen molar-refractivity contribution < 1.29 is 4.79 Å². The topological polar surface area (TPSA) is 44.4 Å². The molecule has 0 saturated carbocycles. The van der Waals surface area contributed by atoms with Crippen LogP contribution in [0.3, 0.4) is 0 Å². The third kappa shape index (κ3) is 5.04. The number of piperidine rings is 1. The number of carbonyl (C=O) groups excluding carboxylic acids is 1. The Balaban J connectivity index is 2.17. The predicted octanol–water partition coefficient (Wildman–Crippen LogP) is 0.831. The zero-order chi connectivity index (χ0) is 12.8. The molecule has 0 spiro atoms. The van der Waals surface area contributed by atoms with Crippen LogP contribution < -0.4 is 10.6 Å². The quantitative estimate of drug-likeness (QED) is 0.749. The van der Waals surface area contributed by atoms with E-state index in [0.717, 1.165) is 32.5 Å². The molecule has 1 aliphatic rings. The van der Waals surface area contributed by atoms with Gasteiger partial charge in [0.1, 0.15) is 0 Å². The lowest BCUT2D eigenvalue weighted by Gasteiger charge is -2.27. The van der Waals surface area contributed by atoms with Crippen molar-refractivity contribution in [2.75, 3.05) is 26.7 Å². The van der Waals surface area contributed by atoms with Crippen molar-refractivity contribution in [1.82, 2.24) is 15.5 Å². The Labute approximate surface area is 105 Å². The van der Waals surface area contributed by atoms with Gasteiger partial charge in [-0.2, -0.15) is 0 Å². The fourth-order valence-electron chi connectivity index (χ4n) is 1.98. The first-order valence-corrected chi connectivity index (χ1v) is 6.72. The maximum absolute atomic E-state index is 11.9. The van der Waals surface area contributed by atoms with Gasteiger partial charge in [0.15, 0.2) is 0 Å². The van der Waals surface area contributed by atoms with Crippen LogP contribution in [-0.4, -0.2) is 49.6 Å². The van der Waals surface area contributed by atoms with Crippen LogP contribution in [0.1, 0.15) is 33.6 Å². The normalized spacial score (nSPS) is 25.3. The van der Waals surface area contributed by atoms with Crippen LogP contribution in [0.4, 0.5) is 0 Å². The molecule has 17 heavy (non-hydrogen) atoms. The van der Waals surface area contributed by atoms with Crippen molar-refractivity contribution in [2.45, 2.75) is 45.7 Å². The summed E-state index contributed by atoms with van der Waals surface area (Å²) in [5.41, 5.74) is 0. The summed E-state index contributed by atoms with van der Waals surface area (Å²) in [6.45, 7) is 8.99. The van der Waals surface area contributed by atoms with E-state index in [1.54, 1.807) is 0 Å². The zero-order valence-corrected chi connectivity index (χ0v) is 11.6. The molecule has 2 unspecified atom stereocenters. The second-order valence-corrected chi connectivity index (χ2v) is 5.45. The summed E-state index contributed by atoms with van der Waals surface area (Å²) in [4.78, 5) is 14.1. The van der Waals surface area contributed by atoms with Gasteiger partial charge in [-0.15, -0.1) is 0 Å². The van der Waals surface area contributed by atoms with Gasteiger partial charge in [0, 0.05) is 31.7 Å². The number of nitrogens with zero attached hydrogens (tertiary/aromatic N) is 1. The number of likely N-dealkylation sites (N-methyl/N-ethyl adjacent to an activating group) is 1. The fraction of sp³-hybridized carbons (Fsp3) is 0.923. The van der Waals surface area contributed by atoms with Crippen LogP contribution in [0.25, 0.3) is 0 Å². The van der Waals surface area contributed by atoms with Gasteiger partial charge in [0.05, 0.1) is 5.92 Å².